The third-order valence-electron chi connectivity index (χ3n) is 4.44. The average molecular weight is 383 g/mol. The van der Waals surface area contributed by atoms with Crippen LogP contribution in [-0.4, -0.2) is 60.1 Å². The van der Waals surface area contributed by atoms with Crippen LogP contribution in [0.5, 0.6) is 5.88 Å². The van der Waals surface area contributed by atoms with Crippen LogP contribution in [0.1, 0.15) is 12.8 Å². The number of carbonyl (C=O) groups is 2. The molecule has 1 aromatic heterocycles. The lowest BCUT2D eigenvalue weighted by Gasteiger charge is -2.32. The topological polar surface area (TPSA) is 86.8 Å². The standard InChI is InChI=1S/C20H25N5O3/c1-24(2)19(26)23-16-8-9-18(21-14-16)28-17-10-12-25(13-11-17)20(27)22-15-6-4-3-5-7-15/h3-9,14,17H,10-13H2,1-2H3,(H,22,27)(H,23,26). The van der Waals surface area contributed by atoms with Crippen LogP contribution in [0.2, 0.25) is 0 Å². The summed E-state index contributed by atoms with van der Waals surface area (Å²) in [7, 11) is 3.35. The Balaban J connectivity index is 1.45. The second-order valence-corrected chi connectivity index (χ2v) is 6.81. The Morgan fingerprint density at radius 2 is 1.75 bits per heavy atom. The number of para-hydroxylation sites is 1. The fraction of sp³-hybridized carbons (Fsp3) is 0.350. The summed E-state index contributed by atoms with van der Waals surface area (Å²) < 4.78 is 5.92. The predicted molar refractivity (Wildman–Crippen MR) is 108 cm³/mol. The van der Waals surface area contributed by atoms with Crippen molar-refractivity contribution in [3.63, 3.8) is 0 Å². The van der Waals surface area contributed by atoms with Crippen LogP contribution in [-0.2, 0) is 0 Å². The molecule has 0 unspecified atom stereocenters. The number of nitrogens with one attached hydrogen (secondary N) is 2. The van der Waals surface area contributed by atoms with Crippen molar-refractivity contribution in [1.29, 1.82) is 0 Å². The van der Waals surface area contributed by atoms with Gasteiger partial charge in [0, 0.05) is 51.8 Å². The lowest BCUT2D eigenvalue weighted by molar-refractivity contribution is 0.111. The maximum atomic E-state index is 12.3. The molecular formula is C20H25N5O3. The third kappa shape index (κ3) is 5.35. The summed E-state index contributed by atoms with van der Waals surface area (Å²) in [6.07, 6.45) is 3.06. The summed E-state index contributed by atoms with van der Waals surface area (Å²) in [5, 5.41) is 5.63. The van der Waals surface area contributed by atoms with Crippen molar-refractivity contribution < 1.29 is 14.3 Å². The first-order valence-corrected chi connectivity index (χ1v) is 9.23. The van der Waals surface area contributed by atoms with Crippen molar-refractivity contribution in [1.82, 2.24) is 14.8 Å². The Morgan fingerprint density at radius 1 is 1.04 bits per heavy atom. The van der Waals surface area contributed by atoms with Crippen molar-refractivity contribution in [3.05, 3.63) is 48.7 Å². The van der Waals surface area contributed by atoms with Crippen LogP contribution in [0.3, 0.4) is 0 Å². The highest BCUT2D eigenvalue weighted by atomic mass is 16.5. The van der Waals surface area contributed by atoms with E-state index in [2.05, 4.69) is 15.6 Å². The van der Waals surface area contributed by atoms with Gasteiger partial charge in [0.2, 0.25) is 5.88 Å². The Bertz CT molecular complexity index is 787. The number of anilines is 2. The molecule has 3 rings (SSSR count). The lowest BCUT2D eigenvalue weighted by Crippen LogP contribution is -2.43. The first-order valence-electron chi connectivity index (χ1n) is 9.23. The molecule has 2 N–H and O–H groups in total. The van der Waals surface area contributed by atoms with Crippen molar-refractivity contribution in [2.45, 2.75) is 18.9 Å². The van der Waals surface area contributed by atoms with E-state index in [1.54, 1.807) is 37.3 Å². The van der Waals surface area contributed by atoms with E-state index in [0.717, 1.165) is 18.5 Å². The highest BCUT2D eigenvalue weighted by Crippen LogP contribution is 2.19. The molecule has 0 saturated carbocycles. The van der Waals surface area contributed by atoms with Gasteiger partial charge in [-0.1, -0.05) is 18.2 Å². The van der Waals surface area contributed by atoms with E-state index in [9.17, 15) is 9.59 Å². The van der Waals surface area contributed by atoms with Gasteiger partial charge >= 0.3 is 12.1 Å². The quantitative estimate of drug-likeness (QED) is 0.848. The summed E-state index contributed by atoms with van der Waals surface area (Å²) in [6.45, 7) is 1.25. The number of likely N-dealkylation sites (tertiary alicyclic amines) is 1. The molecule has 148 valence electrons. The van der Waals surface area contributed by atoms with E-state index >= 15 is 0 Å². The zero-order valence-corrected chi connectivity index (χ0v) is 16.1. The molecule has 1 aliphatic heterocycles. The van der Waals surface area contributed by atoms with E-state index in [1.807, 2.05) is 30.3 Å². The number of hydrogen-bond acceptors (Lipinski definition) is 4. The fourth-order valence-corrected chi connectivity index (χ4v) is 2.83. The Labute approximate surface area is 164 Å². The van der Waals surface area contributed by atoms with Crippen LogP contribution in [0.25, 0.3) is 0 Å². The van der Waals surface area contributed by atoms with Crippen LogP contribution >= 0.6 is 0 Å². The first kappa shape index (κ1) is 19.5. The molecule has 1 saturated heterocycles. The van der Waals surface area contributed by atoms with Gasteiger partial charge in [-0.05, 0) is 18.2 Å². The molecular weight excluding hydrogens is 358 g/mol. The zero-order chi connectivity index (χ0) is 19.9. The number of ether oxygens (including phenoxy) is 1. The molecule has 0 atom stereocenters. The van der Waals surface area contributed by atoms with Crippen molar-refractivity contribution >= 4 is 23.4 Å². The fourth-order valence-electron chi connectivity index (χ4n) is 2.83. The molecule has 28 heavy (non-hydrogen) atoms. The van der Waals surface area contributed by atoms with Gasteiger partial charge in [0.05, 0.1) is 11.9 Å². The second-order valence-electron chi connectivity index (χ2n) is 6.81. The van der Waals surface area contributed by atoms with Gasteiger partial charge in [-0.3, -0.25) is 0 Å². The van der Waals surface area contributed by atoms with Gasteiger partial charge in [-0.2, -0.15) is 0 Å². The number of rotatable bonds is 4. The molecule has 0 aliphatic carbocycles. The molecule has 0 radical (unpaired) electrons. The first-order chi connectivity index (χ1) is 13.5. The molecule has 8 nitrogen and oxygen atoms in total. The highest BCUT2D eigenvalue weighted by molar-refractivity contribution is 5.89. The minimum absolute atomic E-state index is 0.00971. The number of aromatic nitrogens is 1. The molecule has 4 amide bonds. The predicted octanol–water partition coefficient (Wildman–Crippen LogP) is 3.25. The summed E-state index contributed by atoms with van der Waals surface area (Å²) in [4.78, 5) is 31.5. The Hall–Kier alpha value is -3.29. The third-order valence-corrected chi connectivity index (χ3v) is 4.44. The maximum absolute atomic E-state index is 12.3. The number of amides is 4. The smallest absolute Gasteiger partial charge is 0.321 e. The summed E-state index contributed by atoms with van der Waals surface area (Å²) in [6, 6.07) is 12.6. The molecule has 8 heteroatoms. The van der Waals surface area contributed by atoms with E-state index in [4.69, 9.17) is 4.74 Å². The normalized spacial score (nSPS) is 14.3. The number of carbonyl (C=O) groups excluding carboxylic acids is 2. The van der Waals surface area contributed by atoms with Gasteiger partial charge in [0.15, 0.2) is 0 Å². The number of piperidine rings is 1. The Morgan fingerprint density at radius 3 is 2.36 bits per heavy atom. The molecule has 1 aliphatic rings. The van der Waals surface area contributed by atoms with Gasteiger partial charge in [-0.25, -0.2) is 14.6 Å². The summed E-state index contributed by atoms with van der Waals surface area (Å²) in [5.74, 6) is 0.509. The minimum atomic E-state index is -0.211. The van der Waals surface area contributed by atoms with Gasteiger partial charge < -0.3 is 25.2 Å². The van der Waals surface area contributed by atoms with Crippen molar-refractivity contribution in [3.8, 4) is 5.88 Å². The molecule has 2 aromatic rings. The van der Waals surface area contributed by atoms with Crippen LogP contribution in [0, 0.1) is 0 Å². The second kappa shape index (κ2) is 9.07. The van der Waals surface area contributed by atoms with Gasteiger partial charge in [-0.15, -0.1) is 0 Å². The van der Waals surface area contributed by atoms with Crippen molar-refractivity contribution in [2.75, 3.05) is 37.8 Å². The largest absolute Gasteiger partial charge is 0.474 e. The van der Waals surface area contributed by atoms with E-state index in [0.29, 0.717) is 24.7 Å². The van der Waals surface area contributed by atoms with E-state index in [1.165, 1.54) is 4.90 Å². The van der Waals surface area contributed by atoms with E-state index in [-0.39, 0.29) is 18.2 Å². The molecule has 1 fully saturated rings. The van der Waals surface area contributed by atoms with Crippen molar-refractivity contribution in [2.24, 2.45) is 0 Å². The van der Waals surface area contributed by atoms with Crippen LogP contribution in [0.15, 0.2) is 48.7 Å². The zero-order valence-electron chi connectivity index (χ0n) is 16.1. The summed E-state index contributed by atoms with van der Waals surface area (Å²) >= 11 is 0. The number of pyridine rings is 1. The van der Waals surface area contributed by atoms with Gasteiger partial charge in [0.1, 0.15) is 6.10 Å². The number of benzene rings is 1. The number of hydrogen-bond donors (Lipinski definition) is 2. The average Bonchev–Trinajstić information content (AvgIpc) is 2.70. The SMILES string of the molecule is CN(C)C(=O)Nc1ccc(OC2CCN(C(=O)Nc3ccccc3)CC2)nc1. The number of nitrogens with zero attached hydrogens (tertiary/aromatic N) is 3. The Kier molecular flexibility index (Phi) is 6.31. The lowest BCUT2D eigenvalue weighted by atomic mass is 10.1. The maximum Gasteiger partial charge on any atom is 0.321 e. The highest BCUT2D eigenvalue weighted by Gasteiger charge is 2.24. The van der Waals surface area contributed by atoms with Crippen LogP contribution < -0.4 is 15.4 Å². The van der Waals surface area contributed by atoms with Crippen LogP contribution in [0.4, 0.5) is 21.0 Å². The minimum Gasteiger partial charge on any atom is -0.474 e. The van der Waals surface area contributed by atoms with Gasteiger partial charge in [0.25, 0.3) is 0 Å². The van der Waals surface area contributed by atoms with E-state index < -0.39 is 0 Å². The monoisotopic (exact) mass is 383 g/mol. The molecule has 0 spiro atoms. The number of urea groups is 2. The molecule has 0 bridgehead atoms. The summed E-state index contributed by atoms with van der Waals surface area (Å²) in [5.41, 5.74) is 1.40. The molecule has 1 aromatic carbocycles. The molecule has 2 heterocycles.